The molecule has 1 fully saturated rings. The number of hydrogen-bond acceptors (Lipinski definition) is 3. The second-order valence-electron chi connectivity index (χ2n) is 5.08. The number of nitrogens with zero attached hydrogens (tertiary/aromatic N) is 1. The molecule has 1 aromatic rings. The number of nitrogen functional groups attached to an aromatic ring is 1. The van der Waals surface area contributed by atoms with Crippen LogP contribution < -0.4 is 15.8 Å². The van der Waals surface area contributed by atoms with Gasteiger partial charge in [-0.2, -0.15) is 0 Å². The Bertz CT molecular complexity index is 462. The zero-order chi connectivity index (χ0) is 13.8. The number of ether oxygens (including phenoxy) is 1. The highest BCUT2D eigenvalue weighted by molar-refractivity contribution is 5.91. The fourth-order valence-electron chi connectivity index (χ4n) is 2.39. The molecule has 0 aliphatic carbocycles. The van der Waals surface area contributed by atoms with Crippen LogP contribution in [0.25, 0.3) is 0 Å². The van der Waals surface area contributed by atoms with E-state index < -0.39 is 0 Å². The maximum Gasteiger partial charge on any atom is 0.321 e. The van der Waals surface area contributed by atoms with E-state index in [1.165, 1.54) is 6.42 Å². The van der Waals surface area contributed by atoms with E-state index in [0.717, 1.165) is 19.5 Å². The molecule has 1 aliphatic rings. The highest BCUT2D eigenvalue weighted by atomic mass is 16.5. The van der Waals surface area contributed by atoms with Crippen molar-refractivity contribution in [2.75, 3.05) is 31.2 Å². The summed E-state index contributed by atoms with van der Waals surface area (Å²) in [6.45, 7) is 3.78. The zero-order valence-corrected chi connectivity index (χ0v) is 11.5. The Labute approximate surface area is 113 Å². The summed E-state index contributed by atoms with van der Waals surface area (Å²) >= 11 is 0. The lowest BCUT2D eigenvalue weighted by Gasteiger charge is -2.31. The number of piperidine rings is 1. The highest BCUT2D eigenvalue weighted by Gasteiger charge is 2.21. The standard InChI is InChI=1S/C14H21N3O2/c1-10-4-3-7-17(9-10)14(18)16-12-8-11(15)5-6-13(12)19-2/h5-6,8,10H,3-4,7,9,15H2,1-2H3,(H,16,18). The molecule has 2 rings (SSSR count). The first kappa shape index (κ1) is 13.5. The first-order valence-electron chi connectivity index (χ1n) is 6.59. The molecule has 1 saturated heterocycles. The monoisotopic (exact) mass is 263 g/mol. The van der Waals surface area contributed by atoms with Crippen LogP contribution in [0.3, 0.4) is 0 Å². The number of anilines is 2. The van der Waals surface area contributed by atoms with E-state index in [1.54, 1.807) is 25.3 Å². The molecule has 2 amide bonds. The summed E-state index contributed by atoms with van der Waals surface area (Å²) in [5, 5.41) is 2.87. The number of rotatable bonds is 2. The van der Waals surface area contributed by atoms with Crippen LogP contribution in [-0.2, 0) is 0 Å². The van der Waals surface area contributed by atoms with Crippen LogP contribution in [0.5, 0.6) is 5.75 Å². The number of nitrogens with one attached hydrogen (secondary N) is 1. The number of urea groups is 1. The van der Waals surface area contributed by atoms with Gasteiger partial charge in [-0.05, 0) is 37.0 Å². The lowest BCUT2D eigenvalue weighted by Crippen LogP contribution is -2.41. The Hall–Kier alpha value is -1.91. The van der Waals surface area contributed by atoms with Gasteiger partial charge >= 0.3 is 6.03 Å². The Kier molecular flexibility index (Phi) is 4.14. The minimum absolute atomic E-state index is 0.0875. The molecule has 0 aromatic heterocycles. The van der Waals surface area contributed by atoms with Crippen molar-refractivity contribution in [3.63, 3.8) is 0 Å². The first-order valence-corrected chi connectivity index (χ1v) is 6.59. The number of carbonyl (C=O) groups excluding carboxylic acids is 1. The predicted molar refractivity (Wildman–Crippen MR) is 76.4 cm³/mol. The van der Waals surface area contributed by atoms with Crippen LogP contribution in [-0.4, -0.2) is 31.1 Å². The highest BCUT2D eigenvalue weighted by Crippen LogP contribution is 2.27. The SMILES string of the molecule is COc1ccc(N)cc1NC(=O)N1CCCC(C)C1. The molecule has 5 nitrogen and oxygen atoms in total. The van der Waals surface area contributed by atoms with Gasteiger partial charge in [0.1, 0.15) is 5.75 Å². The van der Waals surface area contributed by atoms with E-state index in [4.69, 9.17) is 10.5 Å². The topological polar surface area (TPSA) is 67.6 Å². The second kappa shape index (κ2) is 5.82. The van der Waals surface area contributed by atoms with Gasteiger partial charge in [-0.25, -0.2) is 4.79 Å². The third-order valence-electron chi connectivity index (χ3n) is 3.41. The maximum absolute atomic E-state index is 12.2. The van der Waals surface area contributed by atoms with Gasteiger partial charge in [0.05, 0.1) is 12.8 Å². The molecule has 0 spiro atoms. The molecular weight excluding hydrogens is 242 g/mol. The number of benzene rings is 1. The first-order chi connectivity index (χ1) is 9.10. The summed E-state index contributed by atoms with van der Waals surface area (Å²) < 4.78 is 5.22. The van der Waals surface area contributed by atoms with Crippen LogP contribution in [0.4, 0.5) is 16.2 Å². The third kappa shape index (κ3) is 3.30. The Balaban J connectivity index is 2.07. The van der Waals surface area contributed by atoms with Crippen molar-refractivity contribution in [2.45, 2.75) is 19.8 Å². The molecule has 3 N–H and O–H groups in total. The quantitative estimate of drug-likeness (QED) is 0.806. The van der Waals surface area contributed by atoms with Gasteiger partial charge in [-0.1, -0.05) is 6.92 Å². The van der Waals surface area contributed by atoms with E-state index in [-0.39, 0.29) is 6.03 Å². The number of amides is 2. The van der Waals surface area contributed by atoms with Crippen molar-refractivity contribution in [1.29, 1.82) is 0 Å². The van der Waals surface area contributed by atoms with Crippen LogP contribution in [0.15, 0.2) is 18.2 Å². The number of hydrogen-bond donors (Lipinski definition) is 2. The minimum atomic E-state index is -0.0875. The van der Waals surface area contributed by atoms with Crippen molar-refractivity contribution < 1.29 is 9.53 Å². The largest absolute Gasteiger partial charge is 0.495 e. The van der Waals surface area contributed by atoms with E-state index in [0.29, 0.717) is 23.0 Å². The van der Waals surface area contributed by atoms with E-state index in [9.17, 15) is 4.79 Å². The molecule has 0 radical (unpaired) electrons. The second-order valence-corrected chi connectivity index (χ2v) is 5.08. The van der Waals surface area contributed by atoms with Gasteiger partial charge in [0, 0.05) is 18.8 Å². The fourth-order valence-corrected chi connectivity index (χ4v) is 2.39. The summed E-state index contributed by atoms with van der Waals surface area (Å²) in [6, 6.07) is 5.13. The number of likely N-dealkylation sites (tertiary alicyclic amines) is 1. The van der Waals surface area contributed by atoms with Crippen molar-refractivity contribution in [3.8, 4) is 5.75 Å². The number of carbonyl (C=O) groups is 1. The lowest BCUT2D eigenvalue weighted by molar-refractivity contribution is 0.182. The average Bonchev–Trinajstić information content (AvgIpc) is 2.39. The van der Waals surface area contributed by atoms with Gasteiger partial charge < -0.3 is 20.7 Å². The molecule has 104 valence electrons. The molecule has 1 aromatic carbocycles. The van der Waals surface area contributed by atoms with Gasteiger partial charge in [0.25, 0.3) is 0 Å². The van der Waals surface area contributed by atoms with Crippen molar-refractivity contribution in [1.82, 2.24) is 4.90 Å². The molecule has 1 unspecified atom stereocenters. The number of methoxy groups -OCH3 is 1. The normalized spacial score (nSPS) is 19.1. The molecule has 1 atom stereocenters. The Morgan fingerprint density at radius 1 is 1.53 bits per heavy atom. The molecule has 0 saturated carbocycles. The molecule has 1 heterocycles. The molecular formula is C14H21N3O2. The molecule has 5 heteroatoms. The smallest absolute Gasteiger partial charge is 0.321 e. The molecule has 19 heavy (non-hydrogen) atoms. The minimum Gasteiger partial charge on any atom is -0.495 e. The van der Waals surface area contributed by atoms with Gasteiger partial charge in [-0.3, -0.25) is 0 Å². The molecule has 0 bridgehead atoms. The van der Waals surface area contributed by atoms with Gasteiger partial charge in [0.2, 0.25) is 0 Å². The van der Waals surface area contributed by atoms with Crippen LogP contribution >= 0.6 is 0 Å². The lowest BCUT2D eigenvalue weighted by atomic mass is 10.0. The van der Waals surface area contributed by atoms with E-state index in [1.807, 2.05) is 4.90 Å². The van der Waals surface area contributed by atoms with Gasteiger partial charge in [-0.15, -0.1) is 0 Å². The maximum atomic E-state index is 12.2. The van der Waals surface area contributed by atoms with E-state index in [2.05, 4.69) is 12.2 Å². The van der Waals surface area contributed by atoms with Crippen molar-refractivity contribution in [2.24, 2.45) is 5.92 Å². The summed E-state index contributed by atoms with van der Waals surface area (Å²) in [5.74, 6) is 1.18. The predicted octanol–water partition coefficient (Wildman–Crippen LogP) is 2.54. The van der Waals surface area contributed by atoms with Crippen LogP contribution in [0.2, 0.25) is 0 Å². The van der Waals surface area contributed by atoms with Crippen molar-refractivity contribution in [3.05, 3.63) is 18.2 Å². The summed E-state index contributed by atoms with van der Waals surface area (Å²) in [4.78, 5) is 14.1. The van der Waals surface area contributed by atoms with E-state index >= 15 is 0 Å². The molecule has 1 aliphatic heterocycles. The Morgan fingerprint density at radius 3 is 3.00 bits per heavy atom. The van der Waals surface area contributed by atoms with Gasteiger partial charge in [0.15, 0.2) is 0 Å². The third-order valence-corrected chi connectivity index (χ3v) is 3.41. The average molecular weight is 263 g/mol. The summed E-state index contributed by atoms with van der Waals surface area (Å²) in [6.07, 6.45) is 2.24. The zero-order valence-electron chi connectivity index (χ0n) is 11.5. The summed E-state index contributed by atoms with van der Waals surface area (Å²) in [5.41, 5.74) is 6.95. The Morgan fingerprint density at radius 2 is 2.32 bits per heavy atom. The van der Waals surface area contributed by atoms with Crippen molar-refractivity contribution >= 4 is 17.4 Å². The van der Waals surface area contributed by atoms with Crippen LogP contribution in [0, 0.1) is 5.92 Å². The summed E-state index contributed by atoms with van der Waals surface area (Å²) in [7, 11) is 1.57. The fraction of sp³-hybridized carbons (Fsp3) is 0.500. The van der Waals surface area contributed by atoms with Crippen LogP contribution in [0.1, 0.15) is 19.8 Å². The number of nitrogens with two attached hydrogens (primary N) is 1.